The highest BCUT2D eigenvalue weighted by atomic mass is 15.2. The van der Waals surface area contributed by atoms with Gasteiger partial charge in [0.25, 0.3) is 0 Å². The quantitative estimate of drug-likeness (QED) is 0.181. The van der Waals surface area contributed by atoms with E-state index in [9.17, 15) is 0 Å². The second-order valence-corrected chi connectivity index (χ2v) is 17.2. The lowest BCUT2D eigenvalue weighted by Gasteiger charge is -2.45. The van der Waals surface area contributed by atoms with Gasteiger partial charge in [0.2, 0.25) is 0 Å². The lowest BCUT2D eigenvalue weighted by molar-refractivity contribution is 0.0358. The van der Waals surface area contributed by atoms with Crippen LogP contribution in [0.15, 0.2) is 0 Å². The summed E-state index contributed by atoms with van der Waals surface area (Å²) in [5.41, 5.74) is 1.30. The maximum atomic E-state index is 3.84. The Morgan fingerprint density at radius 3 is 0.868 bits per heavy atom. The molecule has 4 nitrogen and oxygen atoms in total. The Labute approximate surface area is 241 Å². The Morgan fingerprint density at radius 2 is 0.632 bits per heavy atom. The van der Waals surface area contributed by atoms with Gasteiger partial charge in [-0.15, -0.1) is 0 Å². The van der Waals surface area contributed by atoms with Crippen molar-refractivity contribution in [2.24, 2.45) is 0 Å². The summed E-state index contributed by atoms with van der Waals surface area (Å²) in [5, 5.41) is 7.67. The summed E-state index contributed by atoms with van der Waals surface area (Å²) >= 11 is 0. The van der Waals surface area contributed by atoms with Crippen molar-refractivity contribution in [3.05, 3.63) is 0 Å². The van der Waals surface area contributed by atoms with Crippen LogP contribution >= 0.6 is 0 Å². The number of nitrogens with one attached hydrogen (secondary N) is 2. The van der Waals surface area contributed by atoms with Gasteiger partial charge in [-0.3, -0.25) is 9.80 Å². The van der Waals surface area contributed by atoms with E-state index < -0.39 is 0 Å². The highest BCUT2D eigenvalue weighted by Crippen LogP contribution is 2.27. The van der Waals surface area contributed by atoms with Crippen LogP contribution in [-0.2, 0) is 0 Å². The van der Waals surface area contributed by atoms with Gasteiger partial charge in [-0.05, 0) is 175 Å². The molecule has 0 radical (unpaired) electrons. The Morgan fingerprint density at radius 1 is 0.368 bits per heavy atom. The Balaban J connectivity index is 4.18. The molecule has 0 aliphatic rings. The van der Waals surface area contributed by atoms with Crippen LogP contribution in [0.3, 0.4) is 0 Å². The molecule has 0 aliphatic carbocycles. The van der Waals surface area contributed by atoms with Crippen LogP contribution in [0.25, 0.3) is 0 Å². The van der Waals surface area contributed by atoms with E-state index in [0.29, 0.717) is 0 Å². The summed E-state index contributed by atoms with van der Waals surface area (Å²) < 4.78 is 0. The van der Waals surface area contributed by atoms with Crippen molar-refractivity contribution in [1.82, 2.24) is 20.4 Å². The third-order valence-electron chi connectivity index (χ3n) is 7.92. The predicted octanol–water partition coefficient (Wildman–Crippen LogP) is 8.64. The van der Waals surface area contributed by atoms with Crippen LogP contribution in [0.1, 0.15) is 162 Å². The maximum Gasteiger partial charge on any atom is 0.0130 e. The molecule has 0 spiro atoms. The normalized spacial score (nSPS) is 14.7. The van der Waals surface area contributed by atoms with E-state index in [2.05, 4.69) is 131 Å². The van der Waals surface area contributed by atoms with Crippen molar-refractivity contribution < 1.29 is 0 Å². The fourth-order valence-corrected chi connectivity index (χ4v) is 6.31. The van der Waals surface area contributed by atoms with Crippen LogP contribution < -0.4 is 10.6 Å². The second-order valence-electron chi connectivity index (χ2n) is 17.2. The van der Waals surface area contributed by atoms with E-state index in [1.807, 2.05) is 0 Å². The third-order valence-corrected chi connectivity index (χ3v) is 7.92. The molecular weight excluding hydrogens is 464 g/mol. The van der Waals surface area contributed by atoms with Crippen LogP contribution in [0.2, 0.25) is 0 Å². The molecule has 0 unspecified atom stereocenters. The van der Waals surface area contributed by atoms with Crippen molar-refractivity contribution in [1.29, 1.82) is 0 Å². The average molecular weight is 539 g/mol. The molecule has 0 bridgehead atoms. The predicted molar refractivity (Wildman–Crippen MR) is 174 cm³/mol. The van der Waals surface area contributed by atoms with E-state index in [4.69, 9.17) is 0 Å². The number of hydrogen-bond donors (Lipinski definition) is 2. The van der Waals surface area contributed by atoms with Gasteiger partial charge in [0, 0.05) is 33.2 Å². The Bertz CT molecular complexity index is 539. The van der Waals surface area contributed by atoms with Gasteiger partial charge in [0.05, 0.1) is 0 Å². The van der Waals surface area contributed by atoms with Gasteiger partial charge in [0.1, 0.15) is 0 Å². The van der Waals surface area contributed by atoms with Crippen molar-refractivity contribution in [3.63, 3.8) is 0 Å². The molecule has 0 saturated carbocycles. The summed E-state index contributed by atoms with van der Waals surface area (Å²) in [5.74, 6) is 0. The Kier molecular flexibility index (Phi) is 15.1. The highest BCUT2D eigenvalue weighted by molar-refractivity contribution is 4.88. The van der Waals surface area contributed by atoms with Crippen LogP contribution in [-0.4, -0.2) is 69.2 Å². The standard InChI is InChI=1S/C34H74N4/c1-29(2,3)37(30(4,5)6)27-21-17-23-33(13,14)35-25-19-20-26-36-34(15,16)24-18-22-28-38(31(7,8)9)32(10,11)12/h35-36H,17-28H2,1-16H3. The van der Waals surface area contributed by atoms with E-state index in [0.717, 1.165) is 13.1 Å². The minimum absolute atomic E-state index is 0.217. The number of unbranched alkanes of at least 4 members (excludes halogenated alkanes) is 3. The molecule has 2 N–H and O–H groups in total. The molecule has 0 saturated heterocycles. The van der Waals surface area contributed by atoms with Crippen molar-refractivity contribution in [2.75, 3.05) is 26.2 Å². The smallest absolute Gasteiger partial charge is 0.0130 e. The molecular formula is C34H74N4. The van der Waals surface area contributed by atoms with Crippen molar-refractivity contribution in [2.45, 2.75) is 195 Å². The summed E-state index contributed by atoms with van der Waals surface area (Å²) in [6.45, 7) is 42.2. The van der Waals surface area contributed by atoms with Crippen LogP contribution in [0, 0.1) is 0 Å². The number of rotatable bonds is 17. The lowest BCUT2D eigenvalue weighted by atomic mass is 9.93. The zero-order valence-electron chi connectivity index (χ0n) is 29.4. The maximum absolute atomic E-state index is 3.84. The summed E-state index contributed by atoms with van der Waals surface area (Å²) in [6, 6.07) is 0. The fraction of sp³-hybridized carbons (Fsp3) is 1.00. The largest absolute Gasteiger partial charge is 0.312 e. The van der Waals surface area contributed by atoms with Gasteiger partial charge >= 0.3 is 0 Å². The molecule has 4 heteroatoms. The first-order valence-corrected chi connectivity index (χ1v) is 15.9. The second kappa shape index (κ2) is 15.2. The highest BCUT2D eigenvalue weighted by Gasteiger charge is 2.32. The van der Waals surface area contributed by atoms with Crippen LogP contribution in [0.5, 0.6) is 0 Å². The lowest BCUT2D eigenvalue weighted by Crippen LogP contribution is -2.53. The number of nitrogens with zero attached hydrogens (tertiary/aromatic N) is 2. The first-order valence-electron chi connectivity index (χ1n) is 15.9. The molecule has 0 fully saturated rings. The van der Waals surface area contributed by atoms with Crippen molar-refractivity contribution >= 4 is 0 Å². The van der Waals surface area contributed by atoms with Crippen molar-refractivity contribution in [3.8, 4) is 0 Å². The third kappa shape index (κ3) is 16.8. The molecule has 38 heavy (non-hydrogen) atoms. The molecule has 0 amide bonds. The van der Waals surface area contributed by atoms with Crippen LogP contribution in [0.4, 0.5) is 0 Å². The molecule has 0 aromatic heterocycles. The van der Waals surface area contributed by atoms with E-state index in [1.54, 1.807) is 0 Å². The Hall–Kier alpha value is -0.160. The molecule has 230 valence electrons. The minimum Gasteiger partial charge on any atom is -0.312 e. The van der Waals surface area contributed by atoms with Gasteiger partial charge in [0.15, 0.2) is 0 Å². The van der Waals surface area contributed by atoms with E-state index in [-0.39, 0.29) is 33.2 Å². The fourth-order valence-electron chi connectivity index (χ4n) is 6.31. The molecule has 0 heterocycles. The zero-order chi connectivity index (χ0) is 30.1. The summed E-state index contributed by atoms with van der Waals surface area (Å²) in [7, 11) is 0. The molecule has 0 atom stereocenters. The first-order chi connectivity index (χ1) is 16.9. The minimum atomic E-state index is 0.217. The van der Waals surface area contributed by atoms with E-state index in [1.165, 1.54) is 64.5 Å². The molecule has 0 aromatic carbocycles. The van der Waals surface area contributed by atoms with Gasteiger partial charge in [-0.25, -0.2) is 0 Å². The molecule has 0 aromatic rings. The van der Waals surface area contributed by atoms with Gasteiger partial charge in [-0.2, -0.15) is 0 Å². The molecule has 0 aliphatic heterocycles. The molecule has 0 rings (SSSR count). The van der Waals surface area contributed by atoms with Gasteiger partial charge < -0.3 is 10.6 Å². The van der Waals surface area contributed by atoms with Gasteiger partial charge in [-0.1, -0.05) is 12.8 Å². The monoisotopic (exact) mass is 539 g/mol. The number of hydrogen-bond acceptors (Lipinski definition) is 4. The average Bonchev–Trinajstić information content (AvgIpc) is 2.65. The first kappa shape index (κ1) is 37.8. The summed E-state index contributed by atoms with van der Waals surface area (Å²) in [4.78, 5) is 5.31. The zero-order valence-corrected chi connectivity index (χ0v) is 29.4. The topological polar surface area (TPSA) is 30.5 Å². The SMILES string of the molecule is CC(C)(CCCCN(C(C)(C)C)C(C)(C)C)NCCCCNC(C)(C)CCCCN(C(C)(C)C)C(C)(C)C. The van der Waals surface area contributed by atoms with E-state index >= 15 is 0 Å². The summed E-state index contributed by atoms with van der Waals surface area (Å²) in [6.07, 6.45) is 10.0.